The first-order valence-corrected chi connectivity index (χ1v) is 7.80. The summed E-state index contributed by atoms with van der Waals surface area (Å²) in [7, 11) is 2.98. The molecule has 0 aliphatic carbocycles. The Hall–Kier alpha value is -2.11. The van der Waals surface area contributed by atoms with Crippen LogP contribution in [0.5, 0.6) is 17.2 Å². The van der Waals surface area contributed by atoms with Crippen LogP contribution >= 0.6 is 23.2 Å². The number of halogens is 2. The van der Waals surface area contributed by atoms with Crippen molar-refractivity contribution in [2.24, 2.45) is 0 Å². The third-order valence-corrected chi connectivity index (χ3v) is 3.97. The average molecular weight is 370 g/mol. The highest BCUT2D eigenvalue weighted by Gasteiger charge is 2.13. The van der Waals surface area contributed by atoms with E-state index in [9.17, 15) is 4.79 Å². The Balaban J connectivity index is 2.05. The van der Waals surface area contributed by atoms with Crippen molar-refractivity contribution in [1.82, 2.24) is 0 Å². The fourth-order valence-corrected chi connectivity index (χ4v) is 2.35. The molecule has 0 unspecified atom stereocenters. The Morgan fingerprint density at radius 2 is 1.75 bits per heavy atom. The SMILES string of the molecule is COc1cc(NC(=O)COc2ccc(Cl)c(C)c2)c(OC)cc1Cl. The van der Waals surface area contributed by atoms with Crippen molar-refractivity contribution in [1.29, 1.82) is 0 Å². The largest absolute Gasteiger partial charge is 0.495 e. The number of hydrogen-bond acceptors (Lipinski definition) is 4. The van der Waals surface area contributed by atoms with Crippen LogP contribution in [0, 0.1) is 6.92 Å². The van der Waals surface area contributed by atoms with Crippen LogP contribution < -0.4 is 19.5 Å². The smallest absolute Gasteiger partial charge is 0.262 e. The van der Waals surface area contributed by atoms with Crippen molar-refractivity contribution in [2.75, 3.05) is 26.1 Å². The van der Waals surface area contributed by atoms with Crippen molar-refractivity contribution in [3.05, 3.63) is 45.9 Å². The van der Waals surface area contributed by atoms with E-state index in [-0.39, 0.29) is 12.5 Å². The van der Waals surface area contributed by atoms with E-state index in [1.54, 1.807) is 30.3 Å². The molecule has 0 bridgehead atoms. The molecule has 2 aromatic carbocycles. The molecule has 1 amide bonds. The number of methoxy groups -OCH3 is 2. The zero-order chi connectivity index (χ0) is 17.7. The van der Waals surface area contributed by atoms with Gasteiger partial charge in [0.25, 0.3) is 5.91 Å². The van der Waals surface area contributed by atoms with Crippen LogP contribution in [0.1, 0.15) is 5.56 Å². The van der Waals surface area contributed by atoms with Gasteiger partial charge < -0.3 is 19.5 Å². The van der Waals surface area contributed by atoms with Crippen molar-refractivity contribution < 1.29 is 19.0 Å². The van der Waals surface area contributed by atoms with Gasteiger partial charge in [0.05, 0.1) is 24.9 Å². The monoisotopic (exact) mass is 369 g/mol. The van der Waals surface area contributed by atoms with Crippen molar-refractivity contribution in [2.45, 2.75) is 6.92 Å². The highest BCUT2D eigenvalue weighted by atomic mass is 35.5. The number of rotatable bonds is 6. The van der Waals surface area contributed by atoms with Crippen LogP contribution in [0.25, 0.3) is 0 Å². The number of benzene rings is 2. The minimum atomic E-state index is -0.342. The van der Waals surface area contributed by atoms with E-state index < -0.39 is 0 Å². The van der Waals surface area contributed by atoms with E-state index in [4.69, 9.17) is 37.4 Å². The number of amides is 1. The number of aryl methyl sites for hydroxylation is 1. The van der Waals surface area contributed by atoms with Gasteiger partial charge >= 0.3 is 0 Å². The molecule has 0 fully saturated rings. The van der Waals surface area contributed by atoms with Crippen LogP contribution in [-0.2, 0) is 4.79 Å². The van der Waals surface area contributed by atoms with E-state index in [0.29, 0.717) is 33.0 Å². The van der Waals surface area contributed by atoms with Gasteiger partial charge in [-0.3, -0.25) is 4.79 Å². The molecule has 0 spiro atoms. The van der Waals surface area contributed by atoms with E-state index in [1.807, 2.05) is 6.92 Å². The van der Waals surface area contributed by atoms with Crippen LogP contribution in [0.4, 0.5) is 5.69 Å². The predicted molar refractivity (Wildman–Crippen MR) is 94.9 cm³/mol. The van der Waals surface area contributed by atoms with Crippen molar-refractivity contribution >= 4 is 34.8 Å². The van der Waals surface area contributed by atoms with E-state index in [0.717, 1.165) is 5.56 Å². The van der Waals surface area contributed by atoms with Crippen LogP contribution in [0.2, 0.25) is 10.0 Å². The van der Waals surface area contributed by atoms with Crippen LogP contribution in [0.3, 0.4) is 0 Å². The Labute approximate surface area is 150 Å². The van der Waals surface area contributed by atoms with Gasteiger partial charge in [-0.15, -0.1) is 0 Å². The molecule has 2 aromatic rings. The minimum Gasteiger partial charge on any atom is -0.495 e. The highest BCUT2D eigenvalue weighted by Crippen LogP contribution is 2.35. The number of nitrogens with one attached hydrogen (secondary N) is 1. The molecule has 0 atom stereocenters. The quantitative estimate of drug-likeness (QED) is 0.822. The summed E-state index contributed by atoms with van der Waals surface area (Å²) in [6.07, 6.45) is 0. The fourth-order valence-electron chi connectivity index (χ4n) is 2.00. The van der Waals surface area contributed by atoms with Gasteiger partial charge in [0.1, 0.15) is 17.2 Å². The number of hydrogen-bond donors (Lipinski definition) is 1. The summed E-state index contributed by atoms with van der Waals surface area (Å²) < 4.78 is 15.8. The summed E-state index contributed by atoms with van der Waals surface area (Å²) in [5.41, 5.74) is 1.32. The second kappa shape index (κ2) is 8.13. The van der Waals surface area contributed by atoms with Crippen molar-refractivity contribution in [3.63, 3.8) is 0 Å². The first kappa shape index (κ1) is 18.2. The predicted octanol–water partition coefficient (Wildman–Crippen LogP) is 4.34. The molecule has 1 N–H and O–H groups in total. The van der Waals surface area contributed by atoms with E-state index in [1.165, 1.54) is 14.2 Å². The van der Waals surface area contributed by atoms with Gasteiger partial charge in [-0.25, -0.2) is 0 Å². The summed E-state index contributed by atoms with van der Waals surface area (Å²) in [4.78, 5) is 12.1. The minimum absolute atomic E-state index is 0.158. The lowest BCUT2D eigenvalue weighted by molar-refractivity contribution is -0.118. The summed E-state index contributed by atoms with van der Waals surface area (Å²) in [6, 6.07) is 8.35. The number of carbonyl (C=O) groups excluding carboxylic acids is 1. The molecular weight excluding hydrogens is 353 g/mol. The summed E-state index contributed by atoms with van der Waals surface area (Å²) >= 11 is 12.0. The first-order chi connectivity index (χ1) is 11.4. The maximum absolute atomic E-state index is 12.1. The lowest BCUT2D eigenvalue weighted by Gasteiger charge is -2.13. The zero-order valence-electron chi connectivity index (χ0n) is 13.5. The molecule has 0 radical (unpaired) electrons. The van der Waals surface area contributed by atoms with Gasteiger partial charge in [0.2, 0.25) is 0 Å². The Kier molecular flexibility index (Phi) is 6.17. The molecule has 7 heteroatoms. The maximum atomic E-state index is 12.1. The summed E-state index contributed by atoms with van der Waals surface area (Å²) in [5.74, 6) is 1.08. The number of carbonyl (C=O) groups is 1. The number of ether oxygens (including phenoxy) is 3. The fraction of sp³-hybridized carbons (Fsp3) is 0.235. The third kappa shape index (κ3) is 4.46. The summed E-state index contributed by atoms with van der Waals surface area (Å²) in [5, 5.41) is 3.74. The van der Waals surface area contributed by atoms with E-state index in [2.05, 4.69) is 5.32 Å². The maximum Gasteiger partial charge on any atom is 0.262 e. The first-order valence-electron chi connectivity index (χ1n) is 7.05. The second-order valence-electron chi connectivity index (χ2n) is 4.93. The molecule has 24 heavy (non-hydrogen) atoms. The van der Waals surface area contributed by atoms with E-state index >= 15 is 0 Å². The van der Waals surface area contributed by atoms with Crippen molar-refractivity contribution in [3.8, 4) is 17.2 Å². The third-order valence-electron chi connectivity index (χ3n) is 3.25. The molecule has 0 saturated heterocycles. The molecule has 0 heterocycles. The lowest BCUT2D eigenvalue weighted by atomic mass is 10.2. The molecule has 128 valence electrons. The molecule has 0 saturated carbocycles. The highest BCUT2D eigenvalue weighted by molar-refractivity contribution is 6.32. The second-order valence-corrected chi connectivity index (χ2v) is 5.75. The number of anilines is 1. The van der Waals surface area contributed by atoms with Gasteiger partial charge in [0, 0.05) is 17.2 Å². The molecule has 0 aliphatic rings. The Morgan fingerprint density at radius 3 is 2.38 bits per heavy atom. The summed E-state index contributed by atoms with van der Waals surface area (Å²) in [6.45, 7) is 1.70. The average Bonchev–Trinajstić information content (AvgIpc) is 2.57. The van der Waals surface area contributed by atoms with Crippen LogP contribution in [-0.4, -0.2) is 26.7 Å². The molecule has 0 aromatic heterocycles. The van der Waals surface area contributed by atoms with Gasteiger partial charge in [-0.05, 0) is 30.7 Å². The standard InChI is InChI=1S/C17H17Cl2NO4/c1-10-6-11(4-5-12(10)18)24-9-17(21)20-14-8-15(22-2)13(19)7-16(14)23-3/h4-8H,9H2,1-3H3,(H,20,21). The Bertz CT molecular complexity index is 750. The molecule has 5 nitrogen and oxygen atoms in total. The van der Waals surface area contributed by atoms with Gasteiger partial charge in [0.15, 0.2) is 6.61 Å². The lowest BCUT2D eigenvalue weighted by Crippen LogP contribution is -2.20. The topological polar surface area (TPSA) is 56.8 Å². The van der Waals surface area contributed by atoms with Gasteiger partial charge in [-0.2, -0.15) is 0 Å². The molecular formula is C17H17Cl2NO4. The molecule has 2 rings (SSSR count). The zero-order valence-corrected chi connectivity index (χ0v) is 15.0. The Morgan fingerprint density at radius 1 is 1.04 bits per heavy atom. The molecule has 0 aliphatic heterocycles. The normalized spacial score (nSPS) is 10.2. The van der Waals surface area contributed by atoms with Crippen LogP contribution in [0.15, 0.2) is 30.3 Å². The van der Waals surface area contributed by atoms with Gasteiger partial charge in [-0.1, -0.05) is 23.2 Å².